The molecule has 1 amide bonds. The monoisotopic (exact) mass is 360 g/mol. The summed E-state index contributed by atoms with van der Waals surface area (Å²) in [5.41, 5.74) is 1.54. The highest BCUT2D eigenvalue weighted by Crippen LogP contribution is 2.22. The van der Waals surface area contributed by atoms with Gasteiger partial charge in [-0.1, -0.05) is 24.3 Å². The van der Waals surface area contributed by atoms with Crippen molar-refractivity contribution < 1.29 is 17.9 Å². The zero-order valence-corrected chi connectivity index (χ0v) is 14.8. The van der Waals surface area contributed by atoms with Crippen LogP contribution >= 0.6 is 0 Å². The maximum atomic E-state index is 12.1. The Hall–Kier alpha value is -2.80. The van der Waals surface area contributed by atoms with Crippen LogP contribution in [0, 0.1) is 0 Å². The van der Waals surface area contributed by atoms with Crippen molar-refractivity contribution in [3.63, 3.8) is 0 Å². The molecule has 0 aliphatic rings. The van der Waals surface area contributed by atoms with Gasteiger partial charge >= 0.3 is 0 Å². The van der Waals surface area contributed by atoms with Gasteiger partial charge in [0.05, 0.1) is 24.2 Å². The maximum Gasteiger partial charge on any atom is 0.248 e. The van der Waals surface area contributed by atoms with E-state index < -0.39 is 10.0 Å². The van der Waals surface area contributed by atoms with E-state index in [0.29, 0.717) is 18.0 Å². The second kappa shape index (κ2) is 8.34. The van der Waals surface area contributed by atoms with E-state index in [0.717, 1.165) is 17.6 Å². The van der Waals surface area contributed by atoms with Gasteiger partial charge in [-0.05, 0) is 42.8 Å². The van der Waals surface area contributed by atoms with Crippen LogP contribution in [-0.4, -0.2) is 27.2 Å². The van der Waals surface area contributed by atoms with Gasteiger partial charge in [0.25, 0.3) is 0 Å². The van der Waals surface area contributed by atoms with Crippen LogP contribution in [0.2, 0.25) is 0 Å². The highest BCUT2D eigenvalue weighted by Gasteiger charge is 2.08. The fourth-order valence-corrected chi connectivity index (χ4v) is 2.65. The Bertz CT molecular complexity index is 859. The number of rotatable bonds is 7. The molecule has 0 aliphatic carbocycles. The molecule has 0 heterocycles. The van der Waals surface area contributed by atoms with Crippen molar-refractivity contribution in [2.45, 2.75) is 6.92 Å². The second-order valence-corrected chi connectivity index (χ2v) is 6.99. The number of sulfonamides is 1. The Morgan fingerprint density at radius 3 is 2.32 bits per heavy atom. The van der Waals surface area contributed by atoms with Gasteiger partial charge in [0.15, 0.2) is 0 Å². The predicted octanol–water partition coefficient (Wildman–Crippen LogP) is 3.11. The lowest BCUT2D eigenvalue weighted by molar-refractivity contribution is -0.111. The molecule has 0 saturated carbocycles. The molecule has 0 atom stereocenters. The Morgan fingerprint density at radius 1 is 1.08 bits per heavy atom. The SMILES string of the molecule is CCOc1ccc(/C=C/C(=O)Nc2ccccc2NS(C)(=O)=O)cc1. The Morgan fingerprint density at radius 2 is 1.72 bits per heavy atom. The molecule has 2 aromatic carbocycles. The first kappa shape index (κ1) is 18.5. The summed E-state index contributed by atoms with van der Waals surface area (Å²) in [4.78, 5) is 12.1. The quantitative estimate of drug-likeness (QED) is 0.743. The summed E-state index contributed by atoms with van der Waals surface area (Å²) in [6.45, 7) is 2.51. The molecule has 25 heavy (non-hydrogen) atoms. The Kier molecular flexibility index (Phi) is 6.19. The van der Waals surface area contributed by atoms with Gasteiger partial charge in [-0.2, -0.15) is 0 Å². The number of ether oxygens (including phenoxy) is 1. The molecule has 2 rings (SSSR count). The standard InChI is InChI=1S/C18H20N2O4S/c1-3-24-15-11-8-14(9-12-15)10-13-18(21)19-16-6-4-5-7-17(16)20-25(2,22)23/h4-13,20H,3H2,1-2H3,(H,19,21)/b13-10+. The molecular formula is C18H20N2O4S. The van der Waals surface area contributed by atoms with E-state index in [1.165, 1.54) is 6.08 Å². The minimum atomic E-state index is -3.43. The van der Waals surface area contributed by atoms with Crippen molar-refractivity contribution in [3.05, 3.63) is 60.2 Å². The summed E-state index contributed by atoms with van der Waals surface area (Å²) in [7, 11) is -3.43. The topological polar surface area (TPSA) is 84.5 Å². The number of carbonyl (C=O) groups excluding carboxylic acids is 1. The summed E-state index contributed by atoms with van der Waals surface area (Å²) >= 11 is 0. The predicted molar refractivity (Wildman–Crippen MR) is 100 cm³/mol. The maximum absolute atomic E-state index is 12.1. The molecule has 0 radical (unpaired) electrons. The first-order valence-corrected chi connectivity index (χ1v) is 9.55. The molecule has 0 unspecified atom stereocenters. The van der Waals surface area contributed by atoms with Gasteiger partial charge in [-0.25, -0.2) is 8.42 Å². The lowest BCUT2D eigenvalue weighted by Crippen LogP contribution is -2.14. The Balaban J connectivity index is 2.05. The number of carbonyl (C=O) groups is 1. The molecule has 6 nitrogen and oxygen atoms in total. The normalized spacial score (nSPS) is 11.3. The minimum absolute atomic E-state index is 0.313. The summed E-state index contributed by atoms with van der Waals surface area (Å²) in [5.74, 6) is 0.404. The molecule has 2 N–H and O–H groups in total. The highest BCUT2D eigenvalue weighted by molar-refractivity contribution is 7.92. The van der Waals surface area contributed by atoms with Crippen LogP contribution in [0.1, 0.15) is 12.5 Å². The molecule has 0 spiro atoms. The van der Waals surface area contributed by atoms with Crippen LogP contribution in [0.25, 0.3) is 6.08 Å². The van der Waals surface area contributed by atoms with Crippen molar-refractivity contribution in [2.24, 2.45) is 0 Å². The van der Waals surface area contributed by atoms with Crippen molar-refractivity contribution in [1.82, 2.24) is 0 Å². The van der Waals surface area contributed by atoms with E-state index in [-0.39, 0.29) is 5.91 Å². The van der Waals surface area contributed by atoms with E-state index >= 15 is 0 Å². The number of amides is 1. The van der Waals surface area contributed by atoms with E-state index in [2.05, 4.69) is 10.0 Å². The molecule has 132 valence electrons. The molecule has 0 fully saturated rings. The van der Waals surface area contributed by atoms with Gasteiger partial charge in [0, 0.05) is 6.08 Å². The molecular weight excluding hydrogens is 340 g/mol. The third-order valence-corrected chi connectivity index (χ3v) is 3.69. The van der Waals surface area contributed by atoms with E-state index in [1.54, 1.807) is 30.3 Å². The van der Waals surface area contributed by atoms with Crippen LogP contribution in [-0.2, 0) is 14.8 Å². The third kappa shape index (κ3) is 6.31. The summed E-state index contributed by atoms with van der Waals surface area (Å²) < 4.78 is 30.5. The number of nitrogens with one attached hydrogen (secondary N) is 2. The number of para-hydroxylation sites is 2. The lowest BCUT2D eigenvalue weighted by Gasteiger charge is -2.10. The van der Waals surface area contributed by atoms with E-state index in [4.69, 9.17) is 4.74 Å². The lowest BCUT2D eigenvalue weighted by atomic mass is 10.2. The molecule has 7 heteroatoms. The molecule has 0 aliphatic heterocycles. The number of benzene rings is 2. The summed E-state index contributed by atoms with van der Waals surface area (Å²) in [6.07, 6.45) is 4.10. The summed E-state index contributed by atoms with van der Waals surface area (Å²) in [5, 5.41) is 2.66. The van der Waals surface area contributed by atoms with Gasteiger partial charge < -0.3 is 10.1 Å². The first-order valence-electron chi connectivity index (χ1n) is 7.66. The zero-order valence-electron chi connectivity index (χ0n) is 14.0. The largest absolute Gasteiger partial charge is 0.494 e. The van der Waals surface area contributed by atoms with Crippen molar-refractivity contribution >= 4 is 33.4 Å². The van der Waals surface area contributed by atoms with Gasteiger partial charge in [-0.15, -0.1) is 0 Å². The molecule has 0 saturated heterocycles. The first-order chi connectivity index (χ1) is 11.9. The average molecular weight is 360 g/mol. The van der Waals surface area contributed by atoms with Crippen molar-refractivity contribution in [2.75, 3.05) is 22.9 Å². The molecule has 0 aromatic heterocycles. The van der Waals surface area contributed by atoms with Crippen LogP contribution < -0.4 is 14.8 Å². The average Bonchev–Trinajstić information content (AvgIpc) is 2.55. The molecule has 0 bridgehead atoms. The van der Waals surface area contributed by atoms with Crippen molar-refractivity contribution in [1.29, 1.82) is 0 Å². The van der Waals surface area contributed by atoms with E-state index in [1.807, 2.05) is 31.2 Å². The zero-order chi connectivity index (χ0) is 18.3. The Labute approximate surface area is 147 Å². The molecule has 2 aromatic rings. The van der Waals surface area contributed by atoms with Crippen molar-refractivity contribution in [3.8, 4) is 5.75 Å². The van der Waals surface area contributed by atoms with Crippen LogP contribution in [0.5, 0.6) is 5.75 Å². The number of anilines is 2. The van der Waals surface area contributed by atoms with Crippen LogP contribution in [0.15, 0.2) is 54.6 Å². The van der Waals surface area contributed by atoms with Gasteiger partial charge in [-0.3, -0.25) is 9.52 Å². The third-order valence-electron chi connectivity index (χ3n) is 3.10. The van der Waals surface area contributed by atoms with Gasteiger partial charge in [0.1, 0.15) is 5.75 Å². The second-order valence-electron chi connectivity index (χ2n) is 5.24. The number of hydrogen-bond donors (Lipinski definition) is 2. The summed E-state index contributed by atoms with van der Waals surface area (Å²) in [6, 6.07) is 13.9. The fraction of sp³-hybridized carbons (Fsp3) is 0.167. The van der Waals surface area contributed by atoms with Crippen LogP contribution in [0.3, 0.4) is 0 Å². The number of hydrogen-bond acceptors (Lipinski definition) is 4. The minimum Gasteiger partial charge on any atom is -0.494 e. The fourth-order valence-electron chi connectivity index (χ4n) is 2.07. The van der Waals surface area contributed by atoms with Crippen LogP contribution in [0.4, 0.5) is 11.4 Å². The highest BCUT2D eigenvalue weighted by atomic mass is 32.2. The van der Waals surface area contributed by atoms with E-state index in [9.17, 15) is 13.2 Å². The van der Waals surface area contributed by atoms with Gasteiger partial charge in [0.2, 0.25) is 15.9 Å². The smallest absolute Gasteiger partial charge is 0.248 e.